The first-order valence-corrected chi connectivity index (χ1v) is 8.11. The van der Waals surface area contributed by atoms with Gasteiger partial charge in [-0.15, -0.1) is 0 Å². The molecule has 0 radical (unpaired) electrons. The maximum atomic E-state index is 12.7. The highest BCUT2D eigenvalue weighted by atomic mass is 16.2. The highest BCUT2D eigenvalue weighted by molar-refractivity contribution is 5.98. The van der Waals surface area contributed by atoms with Gasteiger partial charge in [-0.25, -0.2) is 0 Å². The Morgan fingerprint density at radius 2 is 2.05 bits per heavy atom. The standard InChI is InChI=1S/C17H23N3O2/c18-11-15-6-1-2-9-20(15)17(22)13-4-3-5-14(10-13)19-16(21)12-7-8-12/h3-5,10,12,15H,1-2,6-9,11,18H2,(H,19,21). The van der Waals surface area contributed by atoms with E-state index in [1.807, 2.05) is 17.0 Å². The molecular formula is C17H23N3O2. The summed E-state index contributed by atoms with van der Waals surface area (Å²) in [7, 11) is 0. The molecule has 5 nitrogen and oxygen atoms in total. The average molecular weight is 301 g/mol. The van der Waals surface area contributed by atoms with Crippen LogP contribution in [0.15, 0.2) is 24.3 Å². The van der Waals surface area contributed by atoms with Crippen molar-refractivity contribution in [3.8, 4) is 0 Å². The smallest absolute Gasteiger partial charge is 0.254 e. The molecule has 1 saturated carbocycles. The van der Waals surface area contributed by atoms with Crippen molar-refractivity contribution >= 4 is 17.5 Å². The Morgan fingerprint density at radius 1 is 1.23 bits per heavy atom. The van der Waals surface area contributed by atoms with Gasteiger partial charge >= 0.3 is 0 Å². The van der Waals surface area contributed by atoms with E-state index in [4.69, 9.17) is 5.73 Å². The molecule has 0 bridgehead atoms. The zero-order chi connectivity index (χ0) is 15.5. The van der Waals surface area contributed by atoms with Crippen molar-refractivity contribution in [3.63, 3.8) is 0 Å². The van der Waals surface area contributed by atoms with Crippen LogP contribution in [-0.2, 0) is 4.79 Å². The number of piperidine rings is 1. The van der Waals surface area contributed by atoms with Gasteiger partial charge in [0.25, 0.3) is 5.91 Å². The van der Waals surface area contributed by atoms with Crippen molar-refractivity contribution in [1.29, 1.82) is 0 Å². The van der Waals surface area contributed by atoms with Crippen LogP contribution in [0, 0.1) is 5.92 Å². The third-order valence-corrected chi connectivity index (χ3v) is 4.49. The normalized spacial score (nSPS) is 21.5. The summed E-state index contributed by atoms with van der Waals surface area (Å²) in [6.07, 6.45) is 5.07. The van der Waals surface area contributed by atoms with Crippen LogP contribution < -0.4 is 11.1 Å². The molecule has 1 aromatic carbocycles. The maximum absolute atomic E-state index is 12.7. The summed E-state index contributed by atoms with van der Waals surface area (Å²) in [5, 5.41) is 2.89. The van der Waals surface area contributed by atoms with E-state index in [-0.39, 0.29) is 23.8 Å². The number of hydrogen-bond donors (Lipinski definition) is 2. The molecule has 118 valence electrons. The molecule has 5 heteroatoms. The topological polar surface area (TPSA) is 75.4 Å². The highest BCUT2D eigenvalue weighted by Crippen LogP contribution is 2.30. The number of nitrogens with zero attached hydrogens (tertiary/aromatic N) is 1. The number of nitrogens with one attached hydrogen (secondary N) is 1. The van der Waals surface area contributed by atoms with E-state index in [1.165, 1.54) is 0 Å². The second-order valence-corrected chi connectivity index (χ2v) is 6.23. The van der Waals surface area contributed by atoms with Crippen LogP contribution in [0.4, 0.5) is 5.69 Å². The fraction of sp³-hybridized carbons (Fsp3) is 0.529. The number of hydrogen-bond acceptors (Lipinski definition) is 3. The van der Waals surface area contributed by atoms with Crippen molar-refractivity contribution in [2.75, 3.05) is 18.4 Å². The van der Waals surface area contributed by atoms with Crippen LogP contribution in [0.3, 0.4) is 0 Å². The molecule has 3 rings (SSSR count). The third kappa shape index (κ3) is 3.30. The fourth-order valence-electron chi connectivity index (χ4n) is 3.00. The van der Waals surface area contributed by atoms with E-state index in [0.29, 0.717) is 17.8 Å². The molecular weight excluding hydrogens is 278 g/mol. The number of nitrogens with two attached hydrogens (primary N) is 1. The van der Waals surface area contributed by atoms with Crippen LogP contribution in [0.5, 0.6) is 0 Å². The van der Waals surface area contributed by atoms with Gasteiger partial charge in [0.1, 0.15) is 0 Å². The maximum Gasteiger partial charge on any atom is 0.254 e. The molecule has 1 saturated heterocycles. The van der Waals surface area contributed by atoms with Gasteiger partial charge in [0, 0.05) is 36.3 Å². The van der Waals surface area contributed by atoms with Crippen LogP contribution in [0.2, 0.25) is 0 Å². The van der Waals surface area contributed by atoms with E-state index < -0.39 is 0 Å². The summed E-state index contributed by atoms with van der Waals surface area (Å²) in [5.74, 6) is 0.225. The summed E-state index contributed by atoms with van der Waals surface area (Å²) in [5.41, 5.74) is 7.11. The lowest BCUT2D eigenvalue weighted by Crippen LogP contribution is -2.47. The van der Waals surface area contributed by atoms with E-state index >= 15 is 0 Å². The molecule has 1 aromatic rings. The highest BCUT2D eigenvalue weighted by Gasteiger charge is 2.30. The van der Waals surface area contributed by atoms with Gasteiger partial charge in [-0.05, 0) is 50.3 Å². The van der Waals surface area contributed by atoms with E-state index in [0.717, 1.165) is 38.6 Å². The minimum absolute atomic E-state index is 0.0117. The summed E-state index contributed by atoms with van der Waals surface area (Å²) in [4.78, 5) is 26.4. The number of anilines is 1. The lowest BCUT2D eigenvalue weighted by molar-refractivity contribution is -0.117. The van der Waals surface area contributed by atoms with Gasteiger partial charge in [-0.2, -0.15) is 0 Å². The number of rotatable bonds is 4. The van der Waals surface area contributed by atoms with Crippen LogP contribution in [0.25, 0.3) is 0 Å². The van der Waals surface area contributed by atoms with Gasteiger partial charge in [0.15, 0.2) is 0 Å². The van der Waals surface area contributed by atoms with Gasteiger partial charge in [0.2, 0.25) is 5.91 Å². The first kappa shape index (κ1) is 15.0. The second kappa shape index (κ2) is 6.48. The molecule has 22 heavy (non-hydrogen) atoms. The Morgan fingerprint density at radius 3 is 2.77 bits per heavy atom. The molecule has 1 aliphatic carbocycles. The van der Waals surface area contributed by atoms with Crippen molar-refractivity contribution in [3.05, 3.63) is 29.8 Å². The summed E-state index contributed by atoms with van der Waals surface area (Å²) in [6.45, 7) is 1.27. The van der Waals surface area contributed by atoms with Crippen molar-refractivity contribution in [2.45, 2.75) is 38.1 Å². The van der Waals surface area contributed by atoms with Crippen LogP contribution in [0.1, 0.15) is 42.5 Å². The first-order valence-electron chi connectivity index (χ1n) is 8.11. The van der Waals surface area contributed by atoms with Gasteiger partial charge < -0.3 is 16.0 Å². The molecule has 1 unspecified atom stereocenters. The zero-order valence-corrected chi connectivity index (χ0v) is 12.8. The minimum Gasteiger partial charge on any atom is -0.334 e. The van der Waals surface area contributed by atoms with Crippen molar-refractivity contribution in [2.24, 2.45) is 11.7 Å². The quantitative estimate of drug-likeness (QED) is 0.893. The van der Waals surface area contributed by atoms with Crippen molar-refractivity contribution < 1.29 is 9.59 Å². The second-order valence-electron chi connectivity index (χ2n) is 6.23. The molecule has 0 aromatic heterocycles. The molecule has 1 heterocycles. The Hall–Kier alpha value is -1.88. The monoisotopic (exact) mass is 301 g/mol. The predicted molar refractivity (Wildman–Crippen MR) is 85.5 cm³/mol. The Labute approximate surface area is 130 Å². The third-order valence-electron chi connectivity index (χ3n) is 4.49. The van der Waals surface area contributed by atoms with Gasteiger partial charge in [-0.3, -0.25) is 9.59 Å². The first-order chi connectivity index (χ1) is 10.7. The number of benzene rings is 1. The van der Waals surface area contributed by atoms with Gasteiger partial charge in [-0.1, -0.05) is 6.07 Å². The molecule has 2 amide bonds. The Bertz CT molecular complexity index is 569. The molecule has 1 aliphatic heterocycles. The molecule has 3 N–H and O–H groups in total. The average Bonchev–Trinajstić information content (AvgIpc) is 3.39. The number of likely N-dealkylation sites (tertiary alicyclic amines) is 1. The van der Waals surface area contributed by atoms with E-state index in [9.17, 15) is 9.59 Å². The minimum atomic E-state index is 0.0117. The fourth-order valence-corrected chi connectivity index (χ4v) is 3.00. The summed E-state index contributed by atoms with van der Waals surface area (Å²) in [6, 6.07) is 7.35. The van der Waals surface area contributed by atoms with E-state index in [2.05, 4.69) is 5.32 Å². The Kier molecular flexibility index (Phi) is 4.43. The van der Waals surface area contributed by atoms with E-state index in [1.54, 1.807) is 12.1 Å². The van der Waals surface area contributed by atoms with Crippen molar-refractivity contribution in [1.82, 2.24) is 4.90 Å². The molecule has 1 atom stereocenters. The predicted octanol–water partition coefficient (Wildman–Crippen LogP) is 1.99. The molecule has 2 fully saturated rings. The lowest BCUT2D eigenvalue weighted by atomic mass is 10.0. The zero-order valence-electron chi connectivity index (χ0n) is 12.8. The van der Waals surface area contributed by atoms with Gasteiger partial charge in [0.05, 0.1) is 0 Å². The molecule has 2 aliphatic rings. The summed E-state index contributed by atoms with van der Waals surface area (Å²) < 4.78 is 0. The Balaban J connectivity index is 1.72. The van der Waals surface area contributed by atoms with Crippen LogP contribution >= 0.6 is 0 Å². The lowest BCUT2D eigenvalue weighted by Gasteiger charge is -2.35. The van der Waals surface area contributed by atoms with Crippen LogP contribution in [-0.4, -0.2) is 35.8 Å². The summed E-state index contributed by atoms with van der Waals surface area (Å²) >= 11 is 0. The number of amides is 2. The largest absolute Gasteiger partial charge is 0.334 e. The molecule has 0 spiro atoms. The number of carbonyl (C=O) groups is 2. The SMILES string of the molecule is NCC1CCCCN1C(=O)c1cccc(NC(=O)C2CC2)c1. The number of carbonyl (C=O) groups excluding carboxylic acids is 2.